The minimum atomic E-state index is -0.683. The second-order valence-corrected chi connectivity index (χ2v) is 7.08. The summed E-state index contributed by atoms with van der Waals surface area (Å²) in [5, 5.41) is 2.28. The number of anilines is 1. The number of nitrogens with zero attached hydrogens (tertiary/aromatic N) is 1. The van der Waals surface area contributed by atoms with Gasteiger partial charge in [0, 0.05) is 0 Å². The van der Waals surface area contributed by atoms with Crippen LogP contribution in [0.3, 0.4) is 0 Å². The van der Waals surface area contributed by atoms with E-state index in [0.29, 0.717) is 17.9 Å². The average Bonchev–Trinajstić information content (AvgIpc) is 2.62. The third kappa shape index (κ3) is 4.01. The number of amides is 2. The van der Waals surface area contributed by atoms with E-state index in [1.165, 1.54) is 24.3 Å². The van der Waals surface area contributed by atoms with E-state index >= 15 is 0 Å². The van der Waals surface area contributed by atoms with Crippen LogP contribution in [0, 0.1) is 9.39 Å². The normalized spacial score (nSPS) is 15.9. The predicted molar refractivity (Wildman–Crippen MR) is 113 cm³/mol. The fourth-order valence-corrected chi connectivity index (χ4v) is 3.52. The molecule has 0 unspecified atom stereocenters. The van der Waals surface area contributed by atoms with Crippen molar-refractivity contribution in [3.8, 4) is 5.75 Å². The van der Waals surface area contributed by atoms with Crippen molar-refractivity contribution in [2.45, 2.75) is 6.92 Å². The first-order chi connectivity index (χ1) is 12.9. The number of hydrogen-bond donors (Lipinski definition) is 1. The van der Waals surface area contributed by atoms with E-state index in [2.05, 4.69) is 27.9 Å². The number of carbonyl (C=O) groups is 2. The van der Waals surface area contributed by atoms with Crippen molar-refractivity contribution in [3.63, 3.8) is 0 Å². The molecule has 1 saturated heterocycles. The Kier molecular flexibility index (Phi) is 5.85. The summed E-state index contributed by atoms with van der Waals surface area (Å²) in [6, 6.07) is 11.0. The van der Waals surface area contributed by atoms with E-state index in [-0.39, 0.29) is 16.4 Å². The van der Waals surface area contributed by atoms with Gasteiger partial charge in [0.05, 0.1) is 15.9 Å². The second-order valence-electron chi connectivity index (χ2n) is 5.53. The molecule has 0 saturated carbocycles. The summed E-state index contributed by atoms with van der Waals surface area (Å²) in [4.78, 5) is 26.2. The van der Waals surface area contributed by atoms with Crippen LogP contribution < -0.4 is 15.0 Å². The Hall–Kier alpha value is -2.33. The van der Waals surface area contributed by atoms with Crippen LogP contribution in [0.2, 0.25) is 0 Å². The van der Waals surface area contributed by atoms with Crippen molar-refractivity contribution >= 4 is 63.5 Å². The van der Waals surface area contributed by atoms with E-state index in [1.54, 1.807) is 24.3 Å². The topological polar surface area (TPSA) is 58.6 Å². The van der Waals surface area contributed by atoms with Crippen molar-refractivity contribution < 1.29 is 18.7 Å². The minimum absolute atomic E-state index is 0.0142. The molecule has 0 spiro atoms. The maximum absolute atomic E-state index is 14.1. The second kappa shape index (κ2) is 8.13. The Morgan fingerprint density at radius 1 is 1.26 bits per heavy atom. The van der Waals surface area contributed by atoms with E-state index in [0.717, 1.165) is 8.47 Å². The highest BCUT2D eigenvalue weighted by Crippen LogP contribution is 2.26. The highest BCUT2D eigenvalue weighted by atomic mass is 127. The summed E-state index contributed by atoms with van der Waals surface area (Å²) in [6.45, 7) is 2.42. The fourth-order valence-electron chi connectivity index (χ4n) is 2.56. The van der Waals surface area contributed by atoms with Crippen LogP contribution in [-0.4, -0.2) is 23.5 Å². The van der Waals surface area contributed by atoms with Crippen molar-refractivity contribution in [2.75, 3.05) is 11.5 Å². The highest BCUT2D eigenvalue weighted by Gasteiger charge is 2.35. The lowest BCUT2D eigenvalue weighted by Gasteiger charge is -2.29. The summed E-state index contributed by atoms with van der Waals surface area (Å²) in [5.74, 6) is -1.20. The van der Waals surface area contributed by atoms with Gasteiger partial charge in [0.1, 0.15) is 17.1 Å². The zero-order valence-electron chi connectivity index (χ0n) is 14.2. The van der Waals surface area contributed by atoms with Gasteiger partial charge < -0.3 is 4.74 Å². The number of para-hydroxylation sites is 1. The molecule has 0 aromatic heterocycles. The predicted octanol–water partition coefficient (Wildman–Crippen LogP) is 3.66. The van der Waals surface area contributed by atoms with E-state index in [4.69, 9.17) is 17.0 Å². The molecule has 1 heterocycles. The summed E-state index contributed by atoms with van der Waals surface area (Å²) in [7, 11) is 0. The molecule has 27 heavy (non-hydrogen) atoms. The SMILES string of the molecule is CCOc1ccc(/C=C2\C(=O)NC(=S)N(c3ccccc3F)C2=O)cc1I. The number of ether oxygens (including phenoxy) is 1. The van der Waals surface area contributed by atoms with E-state index in [1.807, 2.05) is 6.92 Å². The van der Waals surface area contributed by atoms with Crippen LogP contribution in [0.25, 0.3) is 6.08 Å². The number of rotatable bonds is 4. The third-order valence-corrected chi connectivity index (χ3v) is 4.89. The van der Waals surface area contributed by atoms with Gasteiger partial charge in [-0.05, 0) is 77.6 Å². The zero-order valence-corrected chi connectivity index (χ0v) is 17.1. The molecule has 2 aromatic rings. The van der Waals surface area contributed by atoms with Gasteiger partial charge in [-0.25, -0.2) is 9.29 Å². The van der Waals surface area contributed by atoms with Gasteiger partial charge >= 0.3 is 0 Å². The smallest absolute Gasteiger partial charge is 0.270 e. The van der Waals surface area contributed by atoms with Crippen LogP contribution in [0.4, 0.5) is 10.1 Å². The largest absolute Gasteiger partial charge is 0.493 e. The van der Waals surface area contributed by atoms with Crippen molar-refractivity contribution in [1.29, 1.82) is 0 Å². The maximum Gasteiger partial charge on any atom is 0.270 e. The summed E-state index contributed by atoms with van der Waals surface area (Å²) in [5.41, 5.74) is 0.495. The molecule has 2 amide bonds. The molecule has 0 bridgehead atoms. The Labute approximate surface area is 174 Å². The quantitative estimate of drug-likeness (QED) is 0.304. The lowest BCUT2D eigenvalue weighted by atomic mass is 10.1. The Balaban J connectivity index is 2.00. The van der Waals surface area contributed by atoms with Crippen LogP contribution in [0.5, 0.6) is 5.75 Å². The van der Waals surface area contributed by atoms with E-state index in [9.17, 15) is 14.0 Å². The molecular weight excluding hydrogens is 482 g/mol. The molecule has 3 rings (SSSR count). The molecule has 2 aromatic carbocycles. The molecule has 1 fully saturated rings. The van der Waals surface area contributed by atoms with Gasteiger partial charge in [0.25, 0.3) is 11.8 Å². The molecule has 1 aliphatic heterocycles. The molecule has 5 nitrogen and oxygen atoms in total. The van der Waals surface area contributed by atoms with Gasteiger partial charge in [0.2, 0.25) is 0 Å². The number of halogens is 2. The molecule has 0 atom stereocenters. The molecule has 1 aliphatic rings. The van der Waals surface area contributed by atoms with Crippen LogP contribution in [-0.2, 0) is 9.59 Å². The fraction of sp³-hybridized carbons (Fsp3) is 0.105. The standard InChI is InChI=1S/C19H14FIN2O3S/c1-2-26-16-8-7-11(10-14(16)21)9-12-17(24)22-19(27)23(18(12)25)15-6-4-3-5-13(15)20/h3-10H,2H2,1H3,(H,22,24,27)/b12-9+. The number of carbonyl (C=O) groups excluding carboxylic acids is 2. The highest BCUT2D eigenvalue weighted by molar-refractivity contribution is 14.1. The van der Waals surface area contributed by atoms with E-state index < -0.39 is 17.6 Å². The first-order valence-corrected chi connectivity index (χ1v) is 9.49. The zero-order chi connectivity index (χ0) is 19.6. The first kappa shape index (κ1) is 19.4. The molecule has 1 N–H and O–H groups in total. The first-order valence-electron chi connectivity index (χ1n) is 8.00. The number of thiocarbonyl (C=S) groups is 1. The summed E-state index contributed by atoms with van der Waals surface area (Å²) >= 11 is 7.18. The van der Waals surface area contributed by atoms with Gasteiger partial charge in [-0.1, -0.05) is 18.2 Å². The van der Waals surface area contributed by atoms with Gasteiger partial charge in [-0.3, -0.25) is 14.9 Å². The minimum Gasteiger partial charge on any atom is -0.493 e. The summed E-state index contributed by atoms with van der Waals surface area (Å²) < 4.78 is 20.5. The number of nitrogens with one attached hydrogen (secondary N) is 1. The van der Waals surface area contributed by atoms with Crippen LogP contribution >= 0.6 is 34.8 Å². The summed E-state index contributed by atoms with van der Waals surface area (Å²) in [6.07, 6.45) is 1.45. The third-order valence-electron chi connectivity index (χ3n) is 3.76. The Bertz CT molecular complexity index is 977. The van der Waals surface area contributed by atoms with Gasteiger partial charge in [0.15, 0.2) is 5.11 Å². The Morgan fingerprint density at radius 2 is 2.00 bits per heavy atom. The average molecular weight is 496 g/mol. The van der Waals surface area contributed by atoms with Crippen molar-refractivity contribution in [1.82, 2.24) is 5.32 Å². The van der Waals surface area contributed by atoms with Gasteiger partial charge in [-0.15, -0.1) is 0 Å². The molecule has 138 valence electrons. The van der Waals surface area contributed by atoms with Crippen LogP contribution in [0.1, 0.15) is 12.5 Å². The molecule has 0 aliphatic carbocycles. The van der Waals surface area contributed by atoms with Crippen LogP contribution in [0.15, 0.2) is 48.0 Å². The molecular formula is C19H14FIN2O3S. The number of hydrogen-bond acceptors (Lipinski definition) is 4. The number of benzene rings is 2. The lowest BCUT2D eigenvalue weighted by Crippen LogP contribution is -2.54. The van der Waals surface area contributed by atoms with Crippen molar-refractivity contribution in [2.24, 2.45) is 0 Å². The van der Waals surface area contributed by atoms with Crippen molar-refractivity contribution in [3.05, 3.63) is 63.0 Å². The Morgan fingerprint density at radius 3 is 2.67 bits per heavy atom. The molecule has 8 heteroatoms. The monoisotopic (exact) mass is 496 g/mol. The van der Waals surface area contributed by atoms with Gasteiger partial charge in [-0.2, -0.15) is 0 Å². The lowest BCUT2D eigenvalue weighted by molar-refractivity contribution is -0.122. The maximum atomic E-state index is 14.1. The molecule has 0 radical (unpaired) electrons.